The van der Waals surface area contributed by atoms with E-state index in [-0.39, 0.29) is 22.4 Å². The van der Waals surface area contributed by atoms with E-state index in [1.807, 2.05) is 0 Å². The van der Waals surface area contributed by atoms with Crippen molar-refractivity contribution in [3.8, 4) is 22.3 Å². The number of aryl methyl sites for hydroxylation is 2. The molecule has 4 heterocycles. The van der Waals surface area contributed by atoms with E-state index in [2.05, 4.69) is 233 Å². The topological polar surface area (TPSA) is 24.9 Å². The molecule has 4 heteroatoms. The minimum absolute atomic E-state index is 0.209. The zero-order chi connectivity index (χ0) is 56.1. The number of unbranched alkanes of at least 4 members (excludes halogenated alkanes) is 10. The molecule has 82 heavy (non-hydrogen) atoms. The predicted octanol–water partition coefficient (Wildman–Crippen LogP) is 22.6. The summed E-state index contributed by atoms with van der Waals surface area (Å²) in [5, 5.41) is 5.44. The number of para-hydroxylation sites is 4. The summed E-state index contributed by atoms with van der Waals surface area (Å²) in [6.07, 6.45) is 21.5. The number of rotatable bonds is 22. The summed E-state index contributed by atoms with van der Waals surface area (Å²) < 4.78 is 13.6. The largest absolute Gasteiger partial charge is 0.360 e. The summed E-state index contributed by atoms with van der Waals surface area (Å²) in [6.45, 7) is 13.8. The minimum atomic E-state index is -0.254. The summed E-state index contributed by atoms with van der Waals surface area (Å²) >= 11 is 0. The van der Waals surface area contributed by atoms with Crippen LogP contribution >= 0.6 is 0 Å². The maximum Gasteiger partial charge on any atom is 0.0920 e. The van der Waals surface area contributed by atoms with Crippen LogP contribution in [-0.2, 0) is 44.7 Å². The monoisotopic (exact) mass is 1080 g/mol. The SMILES string of the molecule is CCCCCCCCc1c(CCCCCCCC)c2cc(N(c3ccccc3)c3ccccc3-c3ccc4c(c3)C3(C)CCC4(C)O3)ccc2c2ccc(N(c3ccccc3)c3ccccc3-c3ccc4c(c3)C3(C)CCC4(C)O3)cc12. The van der Waals surface area contributed by atoms with E-state index in [0.717, 1.165) is 49.9 Å². The van der Waals surface area contributed by atoms with E-state index in [0.29, 0.717) is 0 Å². The third-order valence-corrected chi connectivity index (χ3v) is 19.7. The Hall–Kier alpha value is -6.98. The Labute approximate surface area is 489 Å². The van der Waals surface area contributed by atoms with Gasteiger partial charge in [-0.25, -0.2) is 0 Å². The van der Waals surface area contributed by atoms with Gasteiger partial charge in [0.25, 0.3) is 0 Å². The fourth-order valence-corrected chi connectivity index (χ4v) is 15.3. The first-order valence-corrected chi connectivity index (χ1v) is 31.6. The molecule has 4 nitrogen and oxygen atoms in total. The van der Waals surface area contributed by atoms with Crippen molar-refractivity contribution in [3.63, 3.8) is 0 Å². The number of anilines is 6. The zero-order valence-corrected chi connectivity index (χ0v) is 49.8. The van der Waals surface area contributed by atoms with Gasteiger partial charge in [-0.15, -0.1) is 0 Å². The van der Waals surface area contributed by atoms with E-state index in [1.165, 1.54) is 177 Å². The second-order valence-electron chi connectivity index (χ2n) is 25.5. The van der Waals surface area contributed by atoms with Gasteiger partial charge in [0.2, 0.25) is 0 Å². The van der Waals surface area contributed by atoms with Crippen molar-refractivity contribution in [1.29, 1.82) is 0 Å². The van der Waals surface area contributed by atoms with E-state index in [9.17, 15) is 0 Å². The summed E-state index contributed by atoms with van der Waals surface area (Å²) in [5.74, 6) is 0. The van der Waals surface area contributed by atoms with E-state index < -0.39 is 0 Å². The molecular weight excluding hydrogens is 997 g/mol. The molecule has 4 aliphatic rings. The van der Waals surface area contributed by atoms with Gasteiger partial charge in [0, 0.05) is 33.9 Å². The minimum Gasteiger partial charge on any atom is -0.360 e. The van der Waals surface area contributed by atoms with E-state index in [4.69, 9.17) is 9.47 Å². The molecule has 0 aliphatic carbocycles. The molecule has 2 fully saturated rings. The molecule has 4 bridgehead atoms. The van der Waals surface area contributed by atoms with Gasteiger partial charge in [-0.3, -0.25) is 0 Å². The van der Waals surface area contributed by atoms with Crippen LogP contribution < -0.4 is 9.80 Å². The Morgan fingerprint density at radius 3 is 1.11 bits per heavy atom. The van der Waals surface area contributed by atoms with Crippen molar-refractivity contribution in [2.75, 3.05) is 9.80 Å². The summed E-state index contributed by atoms with van der Waals surface area (Å²) in [7, 11) is 0. The van der Waals surface area contributed by atoms with Crippen LogP contribution in [0.4, 0.5) is 34.1 Å². The average Bonchev–Trinajstić information content (AvgIpc) is 2.88. The average molecular weight is 1080 g/mol. The molecule has 4 unspecified atom stereocenters. The van der Waals surface area contributed by atoms with Gasteiger partial charge < -0.3 is 19.3 Å². The van der Waals surface area contributed by atoms with E-state index in [1.54, 1.807) is 0 Å². The van der Waals surface area contributed by atoms with Crippen LogP contribution in [-0.4, -0.2) is 0 Å². The lowest BCUT2D eigenvalue weighted by Crippen LogP contribution is -2.18. The molecule has 9 aromatic rings. The number of nitrogens with zero attached hydrogens (tertiary/aromatic N) is 2. The van der Waals surface area contributed by atoms with E-state index >= 15 is 0 Å². The van der Waals surface area contributed by atoms with Crippen LogP contribution in [0.3, 0.4) is 0 Å². The molecular formula is C78H84N2O2. The Morgan fingerprint density at radius 2 is 0.695 bits per heavy atom. The van der Waals surface area contributed by atoms with Gasteiger partial charge in [-0.2, -0.15) is 0 Å². The number of hydrogen-bond donors (Lipinski definition) is 0. The van der Waals surface area contributed by atoms with Crippen LogP contribution in [0.1, 0.15) is 178 Å². The maximum absolute atomic E-state index is 6.80. The lowest BCUT2D eigenvalue weighted by molar-refractivity contribution is -0.0665. The van der Waals surface area contributed by atoms with Gasteiger partial charge in [0.05, 0.1) is 33.8 Å². The first kappa shape index (κ1) is 54.3. The number of benzene rings is 9. The highest BCUT2D eigenvalue weighted by molar-refractivity contribution is 6.13. The molecule has 0 spiro atoms. The van der Waals surface area contributed by atoms with Crippen LogP contribution in [0.5, 0.6) is 0 Å². The number of fused-ring (bicyclic) bond motifs is 13. The van der Waals surface area contributed by atoms with Crippen molar-refractivity contribution in [3.05, 3.63) is 215 Å². The number of hydrogen-bond acceptors (Lipinski definition) is 4. The highest BCUT2D eigenvalue weighted by atomic mass is 16.5. The van der Waals surface area contributed by atoms with Crippen molar-refractivity contribution < 1.29 is 9.47 Å². The Morgan fingerprint density at radius 1 is 0.329 bits per heavy atom. The molecule has 4 aliphatic heterocycles. The van der Waals surface area contributed by atoms with Crippen molar-refractivity contribution in [2.24, 2.45) is 0 Å². The summed E-state index contributed by atoms with van der Waals surface area (Å²) in [5.41, 5.74) is 19.4. The smallest absolute Gasteiger partial charge is 0.0920 e. The summed E-state index contributed by atoms with van der Waals surface area (Å²) in [6, 6.07) is 69.4. The lowest BCUT2D eigenvalue weighted by Gasteiger charge is -2.30. The van der Waals surface area contributed by atoms with Crippen LogP contribution in [0.2, 0.25) is 0 Å². The molecule has 13 rings (SSSR count). The van der Waals surface area contributed by atoms with Gasteiger partial charge in [-0.1, -0.05) is 187 Å². The highest BCUT2D eigenvalue weighted by Crippen LogP contribution is 2.60. The van der Waals surface area contributed by atoms with Crippen molar-refractivity contribution in [2.45, 2.75) is 180 Å². The quantitative estimate of drug-likeness (QED) is 0.0499. The highest BCUT2D eigenvalue weighted by Gasteiger charge is 2.55. The standard InChI is InChI=1S/C78H84N2O2/c1-7-9-11-13-15-23-35-63-64(36-24-16-14-12-10-8-2)68-54-60(80(58-31-21-18-22-32-58)74-38-28-26-34-62(74)56-40-46-70-72(52-56)78(6)50-48-76(70,4)82-78)42-44-66(68)65-43-41-59(53-67(63)65)79(57-29-19-17-20-30-57)73-37-27-25-33-61(73)55-39-45-69-71(51-55)77(5)49-47-75(69,3)81-77/h17-22,25-34,37-46,51-54H,7-16,23-24,35-36,47-50H2,1-6H3. The molecule has 0 aromatic heterocycles. The first-order valence-electron chi connectivity index (χ1n) is 31.6. The fourth-order valence-electron chi connectivity index (χ4n) is 15.3. The van der Waals surface area contributed by atoms with Crippen LogP contribution in [0.25, 0.3) is 43.8 Å². The molecule has 0 radical (unpaired) electrons. The van der Waals surface area contributed by atoms with Crippen LogP contribution in [0.15, 0.2) is 182 Å². The Bertz CT molecular complexity index is 3540. The van der Waals surface area contributed by atoms with Gasteiger partial charge in [0.15, 0.2) is 0 Å². The fraction of sp³-hybridized carbons (Fsp3) is 0.359. The molecule has 418 valence electrons. The number of ether oxygens (including phenoxy) is 2. The predicted molar refractivity (Wildman–Crippen MR) is 346 cm³/mol. The van der Waals surface area contributed by atoms with Crippen LogP contribution in [0, 0.1) is 0 Å². The van der Waals surface area contributed by atoms with Crippen molar-refractivity contribution >= 4 is 55.7 Å². The molecule has 0 saturated carbocycles. The Kier molecular flexibility index (Phi) is 14.8. The lowest BCUT2D eigenvalue weighted by atomic mass is 9.77. The second-order valence-corrected chi connectivity index (χ2v) is 25.5. The van der Waals surface area contributed by atoms with Crippen molar-refractivity contribution in [1.82, 2.24) is 0 Å². The molecule has 4 atom stereocenters. The third kappa shape index (κ3) is 9.76. The zero-order valence-electron chi connectivity index (χ0n) is 49.8. The first-order chi connectivity index (χ1) is 40.0. The maximum atomic E-state index is 6.80. The Balaban J connectivity index is 0.982. The third-order valence-electron chi connectivity index (χ3n) is 19.7. The second kappa shape index (κ2) is 22.3. The van der Waals surface area contributed by atoms with Gasteiger partial charge >= 0.3 is 0 Å². The molecule has 0 N–H and O–H groups in total. The van der Waals surface area contributed by atoms with Gasteiger partial charge in [-0.05, 0) is 218 Å². The molecule has 0 amide bonds. The molecule has 9 aromatic carbocycles. The molecule has 2 saturated heterocycles. The van der Waals surface area contributed by atoms with Gasteiger partial charge in [0.1, 0.15) is 0 Å². The normalized spacial score (nSPS) is 21.1. The summed E-state index contributed by atoms with van der Waals surface area (Å²) in [4.78, 5) is 5.05.